The second kappa shape index (κ2) is 5.09. The summed E-state index contributed by atoms with van der Waals surface area (Å²) >= 11 is 0. The number of ether oxygens (including phenoxy) is 1. The minimum Gasteiger partial charge on any atom is -0.457 e. The van der Waals surface area contributed by atoms with Gasteiger partial charge < -0.3 is 10.5 Å². The summed E-state index contributed by atoms with van der Waals surface area (Å²) in [6.07, 6.45) is 1.48. The fourth-order valence-electron chi connectivity index (χ4n) is 2.08. The molecule has 104 valence electrons. The number of benzene rings is 2. The summed E-state index contributed by atoms with van der Waals surface area (Å²) in [4.78, 5) is 14.7. The van der Waals surface area contributed by atoms with Gasteiger partial charge in [-0.15, -0.1) is 0 Å². The number of nitrogens with two attached hydrogens (primary N) is 1. The lowest BCUT2D eigenvalue weighted by Crippen LogP contribution is -1.93. The van der Waals surface area contributed by atoms with Gasteiger partial charge in [-0.1, -0.05) is 12.1 Å². The molecule has 0 aliphatic heterocycles. The standard InChI is InChI=1S/C15H11N3O3/c16-10-3-1-4-11(9-10)21-14-7-8-17-15-12(14)5-2-6-13(15)18(19)20/h1-9H,16H2. The number of pyridine rings is 1. The van der Waals surface area contributed by atoms with Gasteiger partial charge in [-0.2, -0.15) is 0 Å². The van der Waals surface area contributed by atoms with Crippen LogP contribution in [0.2, 0.25) is 0 Å². The monoisotopic (exact) mass is 281 g/mol. The second-order valence-electron chi connectivity index (χ2n) is 4.41. The number of non-ortho nitro benzene ring substituents is 1. The third kappa shape index (κ3) is 2.46. The Balaban J connectivity index is 2.11. The Kier molecular flexibility index (Phi) is 3.12. The molecule has 0 aliphatic carbocycles. The highest BCUT2D eigenvalue weighted by Gasteiger charge is 2.15. The average Bonchev–Trinajstić information content (AvgIpc) is 2.47. The molecule has 0 amide bonds. The van der Waals surface area contributed by atoms with E-state index in [1.807, 2.05) is 0 Å². The molecule has 0 unspecified atom stereocenters. The van der Waals surface area contributed by atoms with Gasteiger partial charge in [-0.05, 0) is 24.3 Å². The van der Waals surface area contributed by atoms with Crippen molar-refractivity contribution in [3.05, 3.63) is 64.8 Å². The molecule has 21 heavy (non-hydrogen) atoms. The van der Waals surface area contributed by atoms with Crippen LogP contribution in [0.5, 0.6) is 11.5 Å². The Bertz CT molecular complexity index is 833. The predicted octanol–water partition coefficient (Wildman–Crippen LogP) is 3.52. The van der Waals surface area contributed by atoms with Crippen molar-refractivity contribution in [2.75, 3.05) is 5.73 Å². The van der Waals surface area contributed by atoms with Crippen LogP contribution in [0.3, 0.4) is 0 Å². The van der Waals surface area contributed by atoms with Crippen LogP contribution in [0, 0.1) is 10.1 Å². The average molecular weight is 281 g/mol. The van der Waals surface area contributed by atoms with Crippen LogP contribution in [-0.4, -0.2) is 9.91 Å². The van der Waals surface area contributed by atoms with Crippen molar-refractivity contribution in [2.24, 2.45) is 0 Å². The molecule has 3 rings (SSSR count). The van der Waals surface area contributed by atoms with E-state index in [1.54, 1.807) is 42.5 Å². The topological polar surface area (TPSA) is 91.3 Å². The molecule has 3 aromatic rings. The summed E-state index contributed by atoms with van der Waals surface area (Å²) < 4.78 is 5.76. The highest BCUT2D eigenvalue weighted by Crippen LogP contribution is 2.33. The maximum Gasteiger partial charge on any atom is 0.295 e. The normalized spacial score (nSPS) is 10.5. The van der Waals surface area contributed by atoms with Crippen LogP contribution in [0.4, 0.5) is 11.4 Å². The lowest BCUT2D eigenvalue weighted by Gasteiger charge is -2.09. The van der Waals surface area contributed by atoms with Crippen LogP contribution >= 0.6 is 0 Å². The molecule has 6 heteroatoms. The quantitative estimate of drug-likeness (QED) is 0.450. The molecular weight excluding hydrogens is 270 g/mol. The zero-order valence-corrected chi connectivity index (χ0v) is 10.9. The summed E-state index contributed by atoms with van der Waals surface area (Å²) in [5.41, 5.74) is 6.53. The predicted molar refractivity (Wildman–Crippen MR) is 79.3 cm³/mol. The van der Waals surface area contributed by atoms with Crippen molar-refractivity contribution in [1.82, 2.24) is 4.98 Å². The molecule has 6 nitrogen and oxygen atoms in total. The molecule has 1 aromatic heterocycles. The van der Waals surface area contributed by atoms with Gasteiger partial charge in [-0.25, -0.2) is 4.98 Å². The SMILES string of the molecule is Nc1cccc(Oc2ccnc3c([N+](=O)[O-])cccc23)c1. The summed E-state index contributed by atoms with van der Waals surface area (Å²) in [7, 11) is 0. The van der Waals surface area contributed by atoms with Gasteiger partial charge in [0.15, 0.2) is 5.52 Å². The van der Waals surface area contributed by atoms with E-state index in [2.05, 4.69) is 4.98 Å². The molecule has 0 fully saturated rings. The molecule has 0 aliphatic rings. The zero-order chi connectivity index (χ0) is 14.8. The maximum absolute atomic E-state index is 11.0. The van der Waals surface area contributed by atoms with Crippen molar-refractivity contribution in [1.29, 1.82) is 0 Å². The first-order valence-corrected chi connectivity index (χ1v) is 6.20. The van der Waals surface area contributed by atoms with Gasteiger partial charge in [0.2, 0.25) is 0 Å². The number of nitro benzene ring substituents is 1. The molecule has 0 spiro atoms. The molecule has 1 heterocycles. The maximum atomic E-state index is 11.0. The number of nitro groups is 1. The number of hydrogen-bond acceptors (Lipinski definition) is 5. The van der Waals surface area contributed by atoms with E-state index in [4.69, 9.17) is 10.5 Å². The molecule has 2 N–H and O–H groups in total. The van der Waals surface area contributed by atoms with Crippen LogP contribution in [0.15, 0.2) is 54.7 Å². The Morgan fingerprint density at radius 3 is 2.71 bits per heavy atom. The first-order chi connectivity index (χ1) is 10.1. The van der Waals surface area contributed by atoms with Gasteiger partial charge in [0.05, 0.1) is 4.92 Å². The Hall–Kier alpha value is -3.15. The van der Waals surface area contributed by atoms with Crippen molar-refractivity contribution in [3.8, 4) is 11.5 Å². The first-order valence-electron chi connectivity index (χ1n) is 6.20. The van der Waals surface area contributed by atoms with E-state index < -0.39 is 4.92 Å². The fraction of sp³-hybridized carbons (Fsp3) is 0. The van der Waals surface area contributed by atoms with E-state index in [0.29, 0.717) is 28.1 Å². The Morgan fingerprint density at radius 2 is 1.95 bits per heavy atom. The zero-order valence-electron chi connectivity index (χ0n) is 10.9. The Morgan fingerprint density at radius 1 is 1.14 bits per heavy atom. The van der Waals surface area contributed by atoms with Crippen LogP contribution in [-0.2, 0) is 0 Å². The third-order valence-electron chi connectivity index (χ3n) is 2.99. The number of rotatable bonds is 3. The number of para-hydroxylation sites is 1. The summed E-state index contributed by atoms with van der Waals surface area (Å²) in [6.45, 7) is 0. The molecule has 0 saturated carbocycles. The molecule has 0 atom stereocenters. The van der Waals surface area contributed by atoms with Crippen molar-refractivity contribution in [3.63, 3.8) is 0 Å². The molecule has 0 radical (unpaired) electrons. The van der Waals surface area contributed by atoms with E-state index in [9.17, 15) is 10.1 Å². The van der Waals surface area contributed by atoms with Crippen molar-refractivity contribution in [2.45, 2.75) is 0 Å². The Labute approximate surface area is 119 Å². The number of nitrogen functional groups attached to an aromatic ring is 1. The van der Waals surface area contributed by atoms with Crippen molar-refractivity contribution >= 4 is 22.3 Å². The number of aromatic nitrogens is 1. The van der Waals surface area contributed by atoms with Gasteiger partial charge in [0, 0.05) is 29.4 Å². The minimum atomic E-state index is -0.459. The minimum absolute atomic E-state index is 0.0504. The highest BCUT2D eigenvalue weighted by molar-refractivity contribution is 5.91. The highest BCUT2D eigenvalue weighted by atomic mass is 16.6. The van der Waals surface area contributed by atoms with E-state index >= 15 is 0 Å². The van der Waals surface area contributed by atoms with E-state index in [0.717, 1.165) is 0 Å². The fourth-order valence-corrected chi connectivity index (χ4v) is 2.08. The van der Waals surface area contributed by atoms with Crippen LogP contribution in [0.25, 0.3) is 10.9 Å². The number of fused-ring (bicyclic) bond motifs is 1. The third-order valence-corrected chi connectivity index (χ3v) is 2.99. The molecule has 0 saturated heterocycles. The number of hydrogen-bond donors (Lipinski definition) is 1. The van der Waals surface area contributed by atoms with E-state index in [1.165, 1.54) is 12.3 Å². The second-order valence-corrected chi connectivity index (χ2v) is 4.41. The van der Waals surface area contributed by atoms with E-state index in [-0.39, 0.29) is 5.69 Å². The number of nitrogens with zero attached hydrogens (tertiary/aromatic N) is 2. The summed E-state index contributed by atoms with van der Waals surface area (Å²) in [5, 5.41) is 11.6. The smallest absolute Gasteiger partial charge is 0.295 e. The van der Waals surface area contributed by atoms with Gasteiger partial charge in [0.25, 0.3) is 5.69 Å². The number of anilines is 1. The largest absolute Gasteiger partial charge is 0.457 e. The van der Waals surface area contributed by atoms with Gasteiger partial charge >= 0.3 is 0 Å². The molecular formula is C15H11N3O3. The molecule has 2 aromatic carbocycles. The van der Waals surface area contributed by atoms with Crippen LogP contribution in [0.1, 0.15) is 0 Å². The summed E-state index contributed by atoms with van der Waals surface area (Å²) in [6, 6.07) is 13.4. The van der Waals surface area contributed by atoms with Gasteiger partial charge in [0.1, 0.15) is 11.5 Å². The first kappa shape index (κ1) is 12.9. The lowest BCUT2D eigenvalue weighted by molar-refractivity contribution is -0.383. The lowest BCUT2D eigenvalue weighted by atomic mass is 10.2. The molecule has 0 bridgehead atoms. The van der Waals surface area contributed by atoms with Crippen molar-refractivity contribution < 1.29 is 9.66 Å². The summed E-state index contributed by atoms with van der Waals surface area (Å²) in [5.74, 6) is 1.06. The van der Waals surface area contributed by atoms with Crippen LogP contribution < -0.4 is 10.5 Å². The van der Waals surface area contributed by atoms with Gasteiger partial charge in [-0.3, -0.25) is 10.1 Å².